The van der Waals surface area contributed by atoms with Gasteiger partial charge in [-0.15, -0.1) is 0 Å². The zero-order valence-corrected chi connectivity index (χ0v) is 13.7. The van der Waals surface area contributed by atoms with Crippen LogP contribution in [0.25, 0.3) is 5.52 Å². The highest BCUT2D eigenvalue weighted by Crippen LogP contribution is 2.32. The molecule has 3 heterocycles. The molecule has 1 aliphatic rings. The molecule has 0 N–H and O–H groups in total. The fourth-order valence-corrected chi connectivity index (χ4v) is 3.24. The van der Waals surface area contributed by atoms with Crippen LogP contribution in [0.3, 0.4) is 0 Å². The minimum Gasteiger partial charge on any atom is -0.291 e. The third-order valence-corrected chi connectivity index (χ3v) is 4.44. The molecule has 0 saturated carbocycles. The normalized spacial score (nSPS) is 16.2. The number of aryl methyl sites for hydroxylation is 1. The molecule has 0 fully saturated rings. The van der Waals surface area contributed by atoms with E-state index >= 15 is 0 Å². The first-order chi connectivity index (χ1) is 11.4. The van der Waals surface area contributed by atoms with Crippen LogP contribution in [0.5, 0.6) is 0 Å². The van der Waals surface area contributed by atoms with Gasteiger partial charge in [-0.3, -0.25) is 9.79 Å². The van der Waals surface area contributed by atoms with E-state index in [9.17, 15) is 9.18 Å². The molecule has 1 aromatic carbocycles. The van der Waals surface area contributed by atoms with Gasteiger partial charge in [0.15, 0.2) is 5.78 Å². The second-order valence-electron chi connectivity index (χ2n) is 6.55. The molecule has 0 radical (unpaired) electrons. The number of pyridine rings is 1. The van der Waals surface area contributed by atoms with Gasteiger partial charge in [0, 0.05) is 17.3 Å². The van der Waals surface area contributed by atoms with E-state index < -0.39 is 11.4 Å². The van der Waals surface area contributed by atoms with E-state index in [1.54, 1.807) is 36.7 Å². The molecule has 0 bridgehead atoms. The summed E-state index contributed by atoms with van der Waals surface area (Å²) in [5, 5.41) is 4.37. The molecule has 24 heavy (non-hydrogen) atoms. The molecule has 0 saturated heterocycles. The predicted octanol–water partition coefficient (Wildman–Crippen LogP) is 3.59. The third-order valence-electron chi connectivity index (χ3n) is 4.44. The van der Waals surface area contributed by atoms with Crippen LogP contribution in [-0.4, -0.2) is 26.6 Å². The quantitative estimate of drug-likeness (QED) is 0.687. The highest BCUT2D eigenvalue weighted by atomic mass is 19.1. The van der Waals surface area contributed by atoms with Crippen molar-refractivity contribution in [3.8, 4) is 0 Å². The van der Waals surface area contributed by atoms with Crippen LogP contribution in [-0.2, 0) is 0 Å². The number of carbonyl (C=O) groups is 1. The molecule has 5 heteroatoms. The molecule has 0 aliphatic carbocycles. The lowest BCUT2D eigenvalue weighted by Gasteiger charge is -2.27. The number of benzene rings is 1. The predicted molar refractivity (Wildman–Crippen MR) is 90.4 cm³/mol. The number of aliphatic imine (C=N–C) groups is 1. The number of halogens is 1. The Hall–Kier alpha value is -2.82. The van der Waals surface area contributed by atoms with Gasteiger partial charge in [-0.2, -0.15) is 5.10 Å². The van der Waals surface area contributed by atoms with E-state index in [1.807, 2.05) is 25.3 Å². The lowest BCUT2D eigenvalue weighted by atomic mass is 9.83. The molecule has 0 spiro atoms. The lowest BCUT2D eigenvalue weighted by Crippen LogP contribution is -2.37. The molecule has 0 amide bonds. The smallest absolute Gasteiger partial charge is 0.193 e. The van der Waals surface area contributed by atoms with Crippen molar-refractivity contribution in [1.82, 2.24) is 9.61 Å². The highest BCUT2D eigenvalue weighted by Gasteiger charge is 2.38. The summed E-state index contributed by atoms with van der Waals surface area (Å²) >= 11 is 0. The van der Waals surface area contributed by atoms with Crippen molar-refractivity contribution in [2.24, 2.45) is 4.99 Å². The van der Waals surface area contributed by atoms with Crippen LogP contribution in [0.15, 0.2) is 47.7 Å². The molecule has 4 nitrogen and oxygen atoms in total. The Morgan fingerprint density at radius 1 is 1.12 bits per heavy atom. The SMILES string of the molecule is Cc1cccn2ncc(C3=NC(C)(C)C(=O)c4c(F)cccc43)c12. The number of ketones is 1. The van der Waals surface area contributed by atoms with Crippen molar-refractivity contribution < 1.29 is 9.18 Å². The number of hydrogen-bond donors (Lipinski definition) is 0. The van der Waals surface area contributed by atoms with Crippen molar-refractivity contribution in [2.75, 3.05) is 0 Å². The first kappa shape index (κ1) is 14.8. The molecule has 0 unspecified atom stereocenters. The molecule has 1 aliphatic heterocycles. The van der Waals surface area contributed by atoms with Gasteiger partial charge in [0.1, 0.15) is 11.4 Å². The number of Topliss-reactive ketones (excluding diaryl/α,β-unsaturated/α-hetero) is 1. The molecule has 120 valence electrons. The number of rotatable bonds is 1. The van der Waals surface area contributed by atoms with Crippen LogP contribution in [0.2, 0.25) is 0 Å². The number of fused-ring (bicyclic) bond motifs is 2. The van der Waals surface area contributed by atoms with E-state index in [0.717, 1.165) is 16.6 Å². The van der Waals surface area contributed by atoms with Crippen molar-refractivity contribution >= 4 is 17.0 Å². The first-order valence-corrected chi connectivity index (χ1v) is 7.77. The molecule has 2 aromatic heterocycles. The lowest BCUT2D eigenvalue weighted by molar-refractivity contribution is 0.0908. The fourth-order valence-electron chi connectivity index (χ4n) is 3.24. The standard InChI is InChI=1S/C19H16FN3O/c1-11-6-5-9-23-17(11)13(10-21-23)16-12-7-4-8-14(20)15(12)18(24)19(2,3)22-16/h4-10H,1-3H3. The minimum atomic E-state index is -1.01. The van der Waals surface area contributed by atoms with Gasteiger partial charge in [-0.05, 0) is 38.5 Å². The van der Waals surface area contributed by atoms with Gasteiger partial charge in [0.25, 0.3) is 0 Å². The van der Waals surface area contributed by atoms with Crippen molar-refractivity contribution in [1.29, 1.82) is 0 Å². The zero-order valence-electron chi connectivity index (χ0n) is 13.7. The van der Waals surface area contributed by atoms with E-state index in [0.29, 0.717) is 11.3 Å². The van der Waals surface area contributed by atoms with Gasteiger partial charge in [0.05, 0.1) is 23.0 Å². The van der Waals surface area contributed by atoms with Gasteiger partial charge in [-0.1, -0.05) is 18.2 Å². The number of hydrogen-bond acceptors (Lipinski definition) is 3. The van der Waals surface area contributed by atoms with Gasteiger partial charge < -0.3 is 0 Å². The molecule has 3 aromatic rings. The Kier molecular flexibility index (Phi) is 2.97. The Labute approximate surface area is 138 Å². The Morgan fingerprint density at radius 2 is 1.92 bits per heavy atom. The molecule has 0 atom stereocenters. The summed E-state index contributed by atoms with van der Waals surface area (Å²) in [6.07, 6.45) is 3.58. The average molecular weight is 321 g/mol. The average Bonchev–Trinajstić information content (AvgIpc) is 2.96. The molecular weight excluding hydrogens is 305 g/mol. The second-order valence-corrected chi connectivity index (χ2v) is 6.55. The Balaban J connectivity index is 2.08. The van der Waals surface area contributed by atoms with Gasteiger partial charge in [-0.25, -0.2) is 8.91 Å². The molecular formula is C19H16FN3O. The largest absolute Gasteiger partial charge is 0.291 e. The monoisotopic (exact) mass is 321 g/mol. The van der Waals surface area contributed by atoms with E-state index in [-0.39, 0.29) is 11.3 Å². The highest BCUT2D eigenvalue weighted by molar-refractivity contribution is 6.25. The number of carbonyl (C=O) groups excluding carboxylic acids is 1. The summed E-state index contributed by atoms with van der Waals surface area (Å²) < 4.78 is 16.2. The maximum absolute atomic E-state index is 14.4. The summed E-state index contributed by atoms with van der Waals surface area (Å²) in [4.78, 5) is 17.3. The van der Waals surface area contributed by atoms with E-state index in [2.05, 4.69) is 10.1 Å². The van der Waals surface area contributed by atoms with Crippen LogP contribution >= 0.6 is 0 Å². The van der Waals surface area contributed by atoms with Crippen LogP contribution < -0.4 is 0 Å². The van der Waals surface area contributed by atoms with Gasteiger partial charge >= 0.3 is 0 Å². The summed E-state index contributed by atoms with van der Waals surface area (Å²) in [6, 6.07) is 8.58. The number of nitrogens with zero attached hydrogens (tertiary/aromatic N) is 3. The van der Waals surface area contributed by atoms with Crippen LogP contribution in [0.1, 0.15) is 40.9 Å². The maximum atomic E-state index is 14.4. The first-order valence-electron chi connectivity index (χ1n) is 7.77. The topological polar surface area (TPSA) is 46.7 Å². The molecule has 4 rings (SSSR count). The summed E-state index contributed by atoms with van der Waals surface area (Å²) in [6.45, 7) is 5.42. The Bertz CT molecular complexity index is 1030. The minimum absolute atomic E-state index is 0.112. The van der Waals surface area contributed by atoms with Crippen LogP contribution in [0, 0.1) is 12.7 Å². The summed E-state index contributed by atoms with van der Waals surface area (Å²) in [5.74, 6) is -0.807. The summed E-state index contributed by atoms with van der Waals surface area (Å²) in [7, 11) is 0. The summed E-state index contributed by atoms with van der Waals surface area (Å²) in [5.41, 5.74) is 3.00. The second kappa shape index (κ2) is 4.84. The zero-order chi connectivity index (χ0) is 17.1. The van der Waals surface area contributed by atoms with Crippen LogP contribution in [0.4, 0.5) is 4.39 Å². The number of aromatic nitrogens is 2. The third kappa shape index (κ3) is 1.94. The Morgan fingerprint density at radius 3 is 2.71 bits per heavy atom. The van der Waals surface area contributed by atoms with Crippen molar-refractivity contribution in [3.63, 3.8) is 0 Å². The van der Waals surface area contributed by atoms with E-state index in [4.69, 9.17) is 0 Å². The van der Waals surface area contributed by atoms with Crippen molar-refractivity contribution in [2.45, 2.75) is 26.3 Å². The van der Waals surface area contributed by atoms with Gasteiger partial charge in [0.2, 0.25) is 0 Å². The fraction of sp³-hybridized carbons (Fsp3) is 0.211. The van der Waals surface area contributed by atoms with Crippen molar-refractivity contribution in [3.05, 3.63) is 70.8 Å². The van der Waals surface area contributed by atoms with E-state index in [1.165, 1.54) is 6.07 Å². The maximum Gasteiger partial charge on any atom is 0.193 e.